The fraction of sp³-hybridized carbons (Fsp3) is 0.625. The molecule has 3 heteroatoms. The molecule has 1 aromatic carbocycles. The molecular weight excluding hydrogens is 236 g/mol. The number of aliphatic hydroxyl groups excluding tert-OH is 1. The molecule has 0 saturated carbocycles. The Morgan fingerprint density at radius 1 is 0.947 bits per heavy atom. The van der Waals surface area contributed by atoms with Gasteiger partial charge in [-0.2, -0.15) is 0 Å². The zero-order valence-corrected chi connectivity index (χ0v) is 11.6. The summed E-state index contributed by atoms with van der Waals surface area (Å²) in [5.41, 5.74) is 3.03. The Kier molecular flexibility index (Phi) is 4.16. The third-order valence-corrected chi connectivity index (χ3v) is 4.50. The quantitative estimate of drug-likeness (QED) is 0.892. The molecule has 0 aliphatic carbocycles. The van der Waals surface area contributed by atoms with E-state index in [1.807, 2.05) is 0 Å². The van der Waals surface area contributed by atoms with Gasteiger partial charge in [0.25, 0.3) is 0 Å². The van der Waals surface area contributed by atoms with Crippen LogP contribution in [0.5, 0.6) is 0 Å². The van der Waals surface area contributed by atoms with Gasteiger partial charge in [-0.1, -0.05) is 24.3 Å². The number of likely N-dealkylation sites (tertiary alicyclic amines) is 1. The van der Waals surface area contributed by atoms with E-state index in [4.69, 9.17) is 0 Å². The van der Waals surface area contributed by atoms with Crippen LogP contribution in [0, 0.1) is 0 Å². The van der Waals surface area contributed by atoms with Gasteiger partial charge in [0.15, 0.2) is 0 Å². The van der Waals surface area contributed by atoms with Gasteiger partial charge in [0.2, 0.25) is 0 Å². The number of hydrogen-bond acceptors (Lipinski definition) is 3. The van der Waals surface area contributed by atoms with Crippen molar-refractivity contribution in [1.82, 2.24) is 9.80 Å². The van der Waals surface area contributed by atoms with E-state index in [0.29, 0.717) is 0 Å². The second-order valence-corrected chi connectivity index (χ2v) is 5.87. The molecule has 1 aromatic rings. The summed E-state index contributed by atoms with van der Waals surface area (Å²) in [7, 11) is 0. The third kappa shape index (κ3) is 3.35. The molecule has 0 amide bonds. The van der Waals surface area contributed by atoms with Crippen molar-refractivity contribution in [2.75, 3.05) is 32.7 Å². The van der Waals surface area contributed by atoms with Crippen LogP contribution in [0.2, 0.25) is 0 Å². The van der Waals surface area contributed by atoms with Crippen LogP contribution in [0.25, 0.3) is 0 Å². The monoisotopic (exact) mass is 260 g/mol. The van der Waals surface area contributed by atoms with E-state index in [1.54, 1.807) is 0 Å². The minimum Gasteiger partial charge on any atom is -0.393 e. The largest absolute Gasteiger partial charge is 0.393 e. The van der Waals surface area contributed by atoms with Gasteiger partial charge < -0.3 is 10.0 Å². The van der Waals surface area contributed by atoms with Crippen molar-refractivity contribution in [2.24, 2.45) is 0 Å². The summed E-state index contributed by atoms with van der Waals surface area (Å²) >= 11 is 0. The minimum atomic E-state index is -0.0573. The van der Waals surface area contributed by atoms with Crippen LogP contribution in [0.1, 0.15) is 24.0 Å². The Hall–Kier alpha value is -0.900. The second-order valence-electron chi connectivity index (χ2n) is 5.87. The Morgan fingerprint density at radius 2 is 1.63 bits per heavy atom. The van der Waals surface area contributed by atoms with Gasteiger partial charge in [-0.25, -0.2) is 0 Å². The minimum absolute atomic E-state index is 0.0573. The Labute approximate surface area is 115 Å². The zero-order chi connectivity index (χ0) is 13.1. The molecule has 0 bridgehead atoms. The molecule has 0 atom stereocenters. The average Bonchev–Trinajstić information content (AvgIpc) is 2.46. The van der Waals surface area contributed by atoms with Crippen molar-refractivity contribution in [2.45, 2.75) is 31.9 Å². The predicted octanol–water partition coefficient (Wildman–Crippen LogP) is 1.50. The highest BCUT2D eigenvalue weighted by Crippen LogP contribution is 2.18. The smallest absolute Gasteiger partial charge is 0.0564 e. The molecule has 0 aromatic heterocycles. The fourth-order valence-corrected chi connectivity index (χ4v) is 3.17. The lowest BCUT2D eigenvalue weighted by molar-refractivity contribution is 0.0756. The Bertz CT molecular complexity index is 413. The van der Waals surface area contributed by atoms with Crippen LogP contribution < -0.4 is 0 Å². The number of hydrogen-bond donors (Lipinski definition) is 1. The first-order chi connectivity index (χ1) is 9.31. The van der Waals surface area contributed by atoms with E-state index in [9.17, 15) is 5.11 Å². The molecule has 0 radical (unpaired) electrons. The lowest BCUT2D eigenvalue weighted by Crippen LogP contribution is -2.42. The van der Waals surface area contributed by atoms with Gasteiger partial charge in [-0.05, 0) is 30.4 Å². The number of rotatable bonds is 3. The van der Waals surface area contributed by atoms with Crippen LogP contribution >= 0.6 is 0 Å². The molecule has 19 heavy (non-hydrogen) atoms. The highest BCUT2D eigenvalue weighted by atomic mass is 16.3. The Balaban J connectivity index is 1.47. The standard InChI is InChI=1S/C16H24N2O/c19-16-6-9-17(10-7-16)11-12-18-8-5-14-3-1-2-4-15(14)13-18/h1-4,16,19H,5-13H2. The summed E-state index contributed by atoms with van der Waals surface area (Å²) in [5, 5.41) is 9.52. The zero-order valence-electron chi connectivity index (χ0n) is 11.6. The Morgan fingerprint density at radius 3 is 2.42 bits per heavy atom. The molecule has 2 aliphatic heterocycles. The summed E-state index contributed by atoms with van der Waals surface area (Å²) in [6, 6.07) is 8.82. The lowest BCUT2D eigenvalue weighted by Gasteiger charge is -2.33. The van der Waals surface area contributed by atoms with E-state index in [2.05, 4.69) is 34.1 Å². The van der Waals surface area contributed by atoms with E-state index in [-0.39, 0.29) is 6.10 Å². The topological polar surface area (TPSA) is 26.7 Å². The van der Waals surface area contributed by atoms with E-state index < -0.39 is 0 Å². The van der Waals surface area contributed by atoms with Crippen LogP contribution in [0.3, 0.4) is 0 Å². The van der Waals surface area contributed by atoms with Gasteiger partial charge >= 0.3 is 0 Å². The molecule has 2 heterocycles. The molecule has 1 saturated heterocycles. The van der Waals surface area contributed by atoms with E-state index in [1.165, 1.54) is 24.1 Å². The van der Waals surface area contributed by atoms with E-state index in [0.717, 1.165) is 45.6 Å². The highest BCUT2D eigenvalue weighted by molar-refractivity contribution is 5.28. The maximum Gasteiger partial charge on any atom is 0.0564 e. The number of fused-ring (bicyclic) bond motifs is 1. The van der Waals surface area contributed by atoms with Gasteiger partial charge in [0, 0.05) is 39.3 Å². The lowest BCUT2D eigenvalue weighted by atomic mass is 10.00. The third-order valence-electron chi connectivity index (χ3n) is 4.50. The highest BCUT2D eigenvalue weighted by Gasteiger charge is 2.19. The van der Waals surface area contributed by atoms with Crippen molar-refractivity contribution >= 4 is 0 Å². The summed E-state index contributed by atoms with van der Waals surface area (Å²) < 4.78 is 0. The maximum absolute atomic E-state index is 9.52. The molecule has 3 nitrogen and oxygen atoms in total. The van der Waals surface area contributed by atoms with E-state index >= 15 is 0 Å². The van der Waals surface area contributed by atoms with Crippen LogP contribution in [-0.4, -0.2) is 53.7 Å². The van der Waals surface area contributed by atoms with Crippen LogP contribution in [0.15, 0.2) is 24.3 Å². The molecular formula is C16H24N2O. The van der Waals surface area contributed by atoms with Crippen molar-refractivity contribution in [3.63, 3.8) is 0 Å². The molecule has 3 rings (SSSR count). The van der Waals surface area contributed by atoms with Gasteiger partial charge in [-0.3, -0.25) is 4.90 Å². The van der Waals surface area contributed by atoms with Crippen LogP contribution in [0.4, 0.5) is 0 Å². The van der Waals surface area contributed by atoms with Crippen molar-refractivity contribution in [3.05, 3.63) is 35.4 Å². The SMILES string of the molecule is OC1CCN(CCN2CCc3ccccc3C2)CC1. The first-order valence-corrected chi connectivity index (χ1v) is 7.51. The van der Waals surface area contributed by atoms with Crippen LogP contribution in [-0.2, 0) is 13.0 Å². The number of nitrogens with zero attached hydrogens (tertiary/aromatic N) is 2. The summed E-state index contributed by atoms with van der Waals surface area (Å²) in [6.45, 7) is 6.72. The number of aliphatic hydroxyl groups is 1. The normalized spacial score (nSPS) is 22.4. The summed E-state index contributed by atoms with van der Waals surface area (Å²) in [5.74, 6) is 0. The predicted molar refractivity (Wildman–Crippen MR) is 77.1 cm³/mol. The number of benzene rings is 1. The van der Waals surface area contributed by atoms with Gasteiger partial charge in [0.05, 0.1) is 6.10 Å². The van der Waals surface area contributed by atoms with Crippen molar-refractivity contribution in [3.8, 4) is 0 Å². The molecule has 2 aliphatic rings. The van der Waals surface area contributed by atoms with Gasteiger partial charge in [-0.15, -0.1) is 0 Å². The molecule has 0 spiro atoms. The van der Waals surface area contributed by atoms with Crippen molar-refractivity contribution in [1.29, 1.82) is 0 Å². The first-order valence-electron chi connectivity index (χ1n) is 7.51. The molecule has 104 valence electrons. The van der Waals surface area contributed by atoms with Crippen molar-refractivity contribution < 1.29 is 5.11 Å². The summed E-state index contributed by atoms with van der Waals surface area (Å²) in [4.78, 5) is 5.06. The fourth-order valence-electron chi connectivity index (χ4n) is 3.17. The molecule has 1 fully saturated rings. The van der Waals surface area contributed by atoms with Gasteiger partial charge in [0.1, 0.15) is 0 Å². The number of piperidine rings is 1. The first kappa shape index (κ1) is 13.1. The molecule has 0 unspecified atom stereocenters. The molecule has 1 N–H and O–H groups in total. The average molecular weight is 260 g/mol. The maximum atomic E-state index is 9.52. The summed E-state index contributed by atoms with van der Waals surface area (Å²) in [6.07, 6.45) is 3.03. The second kappa shape index (κ2) is 6.04.